The quantitative estimate of drug-likeness (QED) is 0.0432. The van der Waals surface area contributed by atoms with Crippen molar-refractivity contribution in [2.45, 2.75) is 137 Å². The maximum absolute atomic E-state index is 3.10. The first kappa shape index (κ1) is 86.4. The van der Waals surface area contributed by atoms with E-state index in [0.717, 1.165) is 0 Å². The molecule has 3 rings (SSSR count). The summed E-state index contributed by atoms with van der Waals surface area (Å²) in [5.74, 6) is 0. The minimum absolute atomic E-state index is 0.137. The van der Waals surface area contributed by atoms with Crippen LogP contribution in [0.2, 0.25) is 0 Å². The summed E-state index contributed by atoms with van der Waals surface area (Å²) in [6, 6.07) is 33.9. The average Bonchev–Trinajstić information content (AvgIpc) is 3.43. The first-order valence-electron chi connectivity index (χ1n) is 26.2. The van der Waals surface area contributed by atoms with Crippen molar-refractivity contribution in [3.8, 4) is 0 Å². The molecule has 0 heterocycles. The van der Waals surface area contributed by atoms with Gasteiger partial charge in [0.05, 0.1) is 111 Å². The first-order valence-corrected chi connectivity index (χ1v) is 58.2. The van der Waals surface area contributed by atoms with Crippen LogP contribution in [-0.4, -0.2) is 111 Å². The Balaban J connectivity index is -0.000000133. The Morgan fingerprint density at radius 2 is 0.382 bits per heavy atom. The summed E-state index contributed by atoms with van der Waals surface area (Å²) in [5.41, 5.74) is 3.59. The van der Waals surface area contributed by atoms with Crippen LogP contribution in [0.1, 0.15) is 148 Å². The van der Waals surface area contributed by atoms with Crippen molar-refractivity contribution < 1.29 is 48.4 Å². The fourth-order valence-electron chi connectivity index (χ4n) is 7.16. The van der Waals surface area contributed by atoms with Crippen molar-refractivity contribution in [3.63, 3.8) is 0 Å². The summed E-state index contributed by atoms with van der Waals surface area (Å²) in [6.45, 7) is 43.8. The van der Waals surface area contributed by atoms with Crippen LogP contribution in [0.15, 0.2) is 72.8 Å². The first-order chi connectivity index (χ1) is 32.9. The Hall–Kier alpha value is 4.49. The third-order valence-electron chi connectivity index (χ3n) is 12.9. The topological polar surface area (TPSA) is 0 Å². The van der Waals surface area contributed by atoms with Gasteiger partial charge in [0.15, 0.2) is 0 Å². The van der Waals surface area contributed by atoms with Gasteiger partial charge < -0.3 is 0 Å². The third kappa shape index (κ3) is 50.0. The molecular formula is C56H111I3P6Pt3+6. The maximum atomic E-state index is 3.10. The fraction of sp³-hybridized carbons (Fsp3) is 0.679. The van der Waals surface area contributed by atoms with Crippen molar-refractivity contribution in [3.05, 3.63) is 108 Å². The average molecular weight is 1940 g/mol. The summed E-state index contributed by atoms with van der Waals surface area (Å²) in [4.78, 5) is 0. The molecule has 68 heavy (non-hydrogen) atoms. The zero-order valence-electron chi connectivity index (χ0n) is 47.2. The Kier molecular flexibility index (Phi) is 90.8. The van der Waals surface area contributed by atoms with Crippen LogP contribution < -0.4 is 0 Å². The molecule has 0 amide bonds. The molecule has 0 N–H and O–H groups in total. The predicted octanol–water partition coefficient (Wildman–Crippen LogP) is 20.7. The Morgan fingerprint density at radius 1 is 0.279 bits per heavy atom. The molecule has 3 aromatic carbocycles. The number of halogens is 3. The van der Waals surface area contributed by atoms with Crippen molar-refractivity contribution in [1.82, 2.24) is 0 Å². The fourth-order valence-corrected chi connectivity index (χ4v) is 16.2. The standard InChI is InChI=1S/C20H15.6C6H15P.3HI.3Pt/c1-20(17-11-5-2-6-12-17,18-13-7-3-8-14-18)19-15-9-4-10-16-19;6*1-4-7(5-2)6-3;;;;;;/h5-16H,1H3;6*4-6H2,1-3H3;3*1H;;;/q-3;;;;;;;;;;3*+2/p+3. The summed E-state index contributed by atoms with van der Waals surface area (Å²) in [5, 5.41) is 0. The molecule has 0 unspecified atom stereocenters. The molecule has 3 aromatic rings. The molecule has 0 aromatic heterocycles. The van der Waals surface area contributed by atoms with Gasteiger partial charge in [0.1, 0.15) is 0 Å². The molecule has 0 radical (unpaired) electrons. The second kappa shape index (κ2) is 71.5. The monoisotopic (exact) mass is 1940 g/mol. The van der Waals surface area contributed by atoms with Crippen molar-refractivity contribution >= 4 is 106 Å². The van der Waals surface area contributed by atoms with Gasteiger partial charge in [-0.05, 0) is 178 Å². The molecule has 0 aliphatic rings. The van der Waals surface area contributed by atoms with Gasteiger partial charge in [0.2, 0.25) is 0 Å². The molecule has 0 aliphatic carbocycles. The number of benzene rings is 3. The molecule has 0 aliphatic heterocycles. The van der Waals surface area contributed by atoms with Gasteiger partial charge in [-0.25, -0.2) is 0 Å². The SMILES string of the molecule is CC(c1cc[c-]cc1)(c1cc[c-]cc1)c1cc[c-]cc1.CC[PH+](CC)CC.CC[PH+](CC)CC.CC[PH+](CC)CC.CC[PH+](CC)CC.CC[PH+](CC)CC.CC[PH+](CC)CC.[I][Pt+].[I][Pt+].[I][Pt+]. The van der Waals surface area contributed by atoms with Gasteiger partial charge in [-0.1, -0.05) is 6.92 Å². The van der Waals surface area contributed by atoms with Crippen molar-refractivity contribution in [2.75, 3.05) is 111 Å². The Labute approximate surface area is 502 Å². The molecule has 0 saturated heterocycles. The molecular weight excluding hydrogens is 1820 g/mol. The molecule has 12 heteroatoms. The van der Waals surface area contributed by atoms with E-state index < -0.39 is 0 Å². The van der Waals surface area contributed by atoms with Crippen LogP contribution in [0.5, 0.6) is 0 Å². The minimum atomic E-state index is -0.181. The van der Waals surface area contributed by atoms with E-state index in [1.54, 1.807) is 0 Å². The molecule has 410 valence electrons. The van der Waals surface area contributed by atoms with E-state index >= 15 is 0 Å². The van der Waals surface area contributed by atoms with E-state index in [0.29, 0.717) is 0 Å². The molecule has 0 bridgehead atoms. The zero-order valence-corrected chi connectivity index (χ0v) is 66.5. The Bertz CT molecular complexity index is 1030. The van der Waals surface area contributed by atoms with Crippen LogP contribution in [0.25, 0.3) is 0 Å². The summed E-state index contributed by atoms with van der Waals surface area (Å²) < 4.78 is 0. The molecule has 0 nitrogen and oxygen atoms in total. The number of rotatable bonds is 21. The zero-order chi connectivity index (χ0) is 54.0. The van der Waals surface area contributed by atoms with E-state index in [2.05, 4.69) is 293 Å². The van der Waals surface area contributed by atoms with Crippen LogP contribution in [0, 0.1) is 18.2 Å². The van der Waals surface area contributed by atoms with Crippen LogP contribution >= 0.6 is 106 Å². The molecule has 0 spiro atoms. The van der Waals surface area contributed by atoms with E-state index in [9.17, 15) is 0 Å². The summed E-state index contributed by atoms with van der Waals surface area (Å²) >= 11 is 12.7. The van der Waals surface area contributed by atoms with Crippen molar-refractivity contribution in [2.24, 2.45) is 0 Å². The van der Waals surface area contributed by atoms with E-state index in [-0.39, 0.29) is 52.9 Å². The van der Waals surface area contributed by atoms with Gasteiger partial charge in [-0.3, -0.25) is 0 Å². The van der Waals surface area contributed by atoms with E-state index in [1.165, 1.54) is 128 Å². The van der Waals surface area contributed by atoms with Gasteiger partial charge in [-0.15, -0.1) is 16.7 Å². The van der Waals surface area contributed by atoms with Crippen LogP contribution in [0.3, 0.4) is 0 Å². The third-order valence-corrected chi connectivity index (χ3v) is 30.9. The van der Waals surface area contributed by atoms with Gasteiger partial charge in [0, 0.05) is 0 Å². The van der Waals surface area contributed by atoms with E-state index in [4.69, 9.17) is 0 Å². The number of hydrogen-bond acceptors (Lipinski definition) is 0. The van der Waals surface area contributed by atoms with Gasteiger partial charge in [-0.2, -0.15) is 91.0 Å². The van der Waals surface area contributed by atoms with E-state index in [1.807, 2.05) is 36.4 Å². The predicted molar refractivity (Wildman–Crippen MR) is 363 cm³/mol. The van der Waals surface area contributed by atoms with Gasteiger partial charge >= 0.3 is 106 Å². The van der Waals surface area contributed by atoms with Gasteiger partial charge in [0.25, 0.3) is 0 Å². The second-order valence-corrected chi connectivity index (χ2v) is 37.6. The number of hydrogen-bond donors (Lipinski definition) is 0. The molecule has 0 atom stereocenters. The summed E-state index contributed by atoms with van der Waals surface area (Å²) in [7, 11) is 0.824. The second-order valence-electron chi connectivity index (χ2n) is 15.9. The summed E-state index contributed by atoms with van der Waals surface area (Å²) in [6.07, 6.45) is 26.2. The molecule has 0 fully saturated rings. The van der Waals surface area contributed by atoms with Crippen LogP contribution in [-0.2, 0) is 53.8 Å². The van der Waals surface area contributed by atoms with Crippen LogP contribution in [0.4, 0.5) is 0 Å². The normalized spacial score (nSPS) is 9.97. The Morgan fingerprint density at radius 3 is 0.456 bits per heavy atom. The van der Waals surface area contributed by atoms with Crippen molar-refractivity contribution in [1.29, 1.82) is 0 Å². The molecule has 0 saturated carbocycles.